The van der Waals surface area contributed by atoms with Crippen molar-refractivity contribution < 1.29 is 14.0 Å². The van der Waals surface area contributed by atoms with Crippen LogP contribution in [-0.4, -0.2) is 24.6 Å². The van der Waals surface area contributed by atoms with Gasteiger partial charge < -0.3 is 14.0 Å². The first-order valence-electron chi connectivity index (χ1n) is 7.08. The standard InChI is InChI=1S/C15H20I2O3S2/c1-19-13-4-2-3-12(9-13)15(18)7-5-14(6-8-15,11-21-16)10-20-22-17/h2-4,9,18H,5-8,10-11H2,1H3. The van der Waals surface area contributed by atoms with Crippen LogP contribution in [0.15, 0.2) is 24.3 Å². The highest BCUT2D eigenvalue weighted by atomic mass is 127. The van der Waals surface area contributed by atoms with Crippen molar-refractivity contribution in [2.75, 3.05) is 19.5 Å². The summed E-state index contributed by atoms with van der Waals surface area (Å²) in [5.41, 5.74) is 0.396. The molecule has 1 aromatic carbocycles. The second-order valence-electron chi connectivity index (χ2n) is 5.84. The number of hydrogen-bond donors (Lipinski definition) is 1. The maximum absolute atomic E-state index is 11.1. The van der Waals surface area contributed by atoms with E-state index in [1.807, 2.05) is 33.2 Å². The summed E-state index contributed by atoms with van der Waals surface area (Å²) < 4.78 is 10.9. The van der Waals surface area contributed by atoms with E-state index in [9.17, 15) is 5.11 Å². The lowest BCUT2D eigenvalue weighted by Crippen LogP contribution is -2.40. The first kappa shape index (κ1) is 19.4. The predicted octanol–water partition coefficient (Wildman–Crippen LogP) is 5.54. The summed E-state index contributed by atoms with van der Waals surface area (Å²) in [6, 6.07) is 7.82. The van der Waals surface area contributed by atoms with E-state index in [0.717, 1.165) is 49.4 Å². The van der Waals surface area contributed by atoms with Crippen molar-refractivity contribution in [2.45, 2.75) is 31.3 Å². The molecule has 0 heterocycles. The van der Waals surface area contributed by atoms with Crippen LogP contribution >= 0.6 is 60.6 Å². The van der Waals surface area contributed by atoms with Crippen LogP contribution < -0.4 is 4.74 Å². The Morgan fingerprint density at radius 3 is 2.55 bits per heavy atom. The molecule has 1 N–H and O–H groups in total. The van der Waals surface area contributed by atoms with Gasteiger partial charge in [0.15, 0.2) is 0 Å². The molecule has 3 nitrogen and oxygen atoms in total. The van der Waals surface area contributed by atoms with E-state index in [1.165, 1.54) is 9.21 Å². The molecule has 0 amide bonds. The Balaban J connectivity index is 2.10. The summed E-state index contributed by atoms with van der Waals surface area (Å²) in [4.78, 5) is 0. The number of benzene rings is 1. The Morgan fingerprint density at radius 2 is 1.95 bits per heavy atom. The Kier molecular flexibility index (Phi) is 7.93. The van der Waals surface area contributed by atoms with Crippen LogP contribution in [0.3, 0.4) is 0 Å². The van der Waals surface area contributed by atoms with Crippen molar-refractivity contribution in [3.05, 3.63) is 29.8 Å². The zero-order valence-corrected chi connectivity index (χ0v) is 18.3. The SMILES string of the molecule is COc1cccc(C2(O)CCC(COSI)(CSI)CC2)c1. The molecule has 0 saturated heterocycles. The summed E-state index contributed by atoms with van der Waals surface area (Å²) >= 11 is 4.52. The number of rotatable bonds is 7. The summed E-state index contributed by atoms with van der Waals surface area (Å²) in [5.74, 6) is 1.87. The molecule has 0 radical (unpaired) electrons. The van der Waals surface area contributed by atoms with E-state index in [0.29, 0.717) is 0 Å². The number of methoxy groups -OCH3 is 1. The van der Waals surface area contributed by atoms with E-state index in [2.05, 4.69) is 42.4 Å². The van der Waals surface area contributed by atoms with Gasteiger partial charge >= 0.3 is 0 Å². The maximum Gasteiger partial charge on any atom is 0.119 e. The van der Waals surface area contributed by atoms with Crippen LogP contribution in [0.1, 0.15) is 31.2 Å². The fourth-order valence-corrected chi connectivity index (χ4v) is 6.25. The smallest absolute Gasteiger partial charge is 0.119 e. The highest BCUT2D eigenvalue weighted by molar-refractivity contribution is 14.2. The lowest BCUT2D eigenvalue weighted by atomic mass is 9.68. The highest BCUT2D eigenvalue weighted by Gasteiger charge is 2.43. The molecule has 1 fully saturated rings. The Labute approximate surface area is 165 Å². The largest absolute Gasteiger partial charge is 0.497 e. The van der Waals surface area contributed by atoms with Gasteiger partial charge in [-0.25, -0.2) is 0 Å². The zero-order chi connectivity index (χ0) is 16.1. The van der Waals surface area contributed by atoms with Gasteiger partial charge in [-0.2, -0.15) is 0 Å². The molecule has 1 aromatic rings. The Hall–Kier alpha value is 1.10. The molecule has 0 aliphatic heterocycles. The van der Waals surface area contributed by atoms with Crippen molar-refractivity contribution in [3.8, 4) is 5.75 Å². The molecule has 2 rings (SSSR count). The van der Waals surface area contributed by atoms with Crippen LogP contribution in [0.5, 0.6) is 5.75 Å². The molecular weight excluding hydrogens is 546 g/mol. The lowest BCUT2D eigenvalue weighted by molar-refractivity contribution is -0.0418. The average Bonchev–Trinajstić information content (AvgIpc) is 2.56. The zero-order valence-electron chi connectivity index (χ0n) is 12.4. The second kappa shape index (κ2) is 8.98. The van der Waals surface area contributed by atoms with Gasteiger partial charge in [-0.05, 0) is 64.6 Å². The van der Waals surface area contributed by atoms with Gasteiger partial charge in [0, 0.05) is 32.4 Å². The molecule has 1 saturated carbocycles. The lowest BCUT2D eigenvalue weighted by Gasteiger charge is -2.43. The van der Waals surface area contributed by atoms with Crippen molar-refractivity contribution in [1.82, 2.24) is 0 Å². The fraction of sp³-hybridized carbons (Fsp3) is 0.600. The third-order valence-electron chi connectivity index (χ3n) is 4.52. The van der Waals surface area contributed by atoms with E-state index in [-0.39, 0.29) is 5.41 Å². The minimum absolute atomic E-state index is 0.176. The van der Waals surface area contributed by atoms with Gasteiger partial charge in [0.1, 0.15) is 5.75 Å². The van der Waals surface area contributed by atoms with Gasteiger partial charge in [0.05, 0.1) is 28.5 Å². The van der Waals surface area contributed by atoms with Crippen LogP contribution in [0.4, 0.5) is 0 Å². The summed E-state index contributed by atoms with van der Waals surface area (Å²) in [6.07, 6.45) is 3.50. The van der Waals surface area contributed by atoms with Crippen molar-refractivity contribution in [1.29, 1.82) is 0 Å². The number of aliphatic hydroxyl groups is 1. The van der Waals surface area contributed by atoms with Crippen LogP contribution in [-0.2, 0) is 9.78 Å². The molecule has 0 atom stereocenters. The van der Waals surface area contributed by atoms with Gasteiger partial charge in [-0.1, -0.05) is 21.1 Å². The molecule has 22 heavy (non-hydrogen) atoms. The Morgan fingerprint density at radius 1 is 1.23 bits per heavy atom. The van der Waals surface area contributed by atoms with Gasteiger partial charge in [-0.15, -0.1) is 0 Å². The van der Waals surface area contributed by atoms with Crippen molar-refractivity contribution in [3.63, 3.8) is 0 Å². The summed E-state index contributed by atoms with van der Waals surface area (Å²) in [7, 11) is 4.89. The van der Waals surface area contributed by atoms with Gasteiger partial charge in [-0.3, -0.25) is 0 Å². The highest BCUT2D eigenvalue weighted by Crippen LogP contribution is 2.48. The molecule has 1 aliphatic rings. The van der Waals surface area contributed by atoms with Crippen LogP contribution in [0.25, 0.3) is 0 Å². The third-order valence-corrected chi connectivity index (χ3v) is 7.14. The van der Waals surface area contributed by atoms with E-state index in [1.54, 1.807) is 7.11 Å². The summed E-state index contributed by atoms with van der Waals surface area (Å²) in [6.45, 7) is 0.755. The monoisotopic (exact) mass is 566 g/mol. The molecular formula is C15H20I2O3S2. The number of hydrogen-bond acceptors (Lipinski definition) is 5. The molecule has 7 heteroatoms. The van der Waals surface area contributed by atoms with Crippen LogP contribution in [0, 0.1) is 5.41 Å². The first-order chi connectivity index (χ1) is 10.6. The average molecular weight is 566 g/mol. The van der Waals surface area contributed by atoms with Crippen molar-refractivity contribution >= 4 is 60.6 Å². The summed E-state index contributed by atoms with van der Waals surface area (Å²) in [5, 5.41) is 11.1. The van der Waals surface area contributed by atoms with E-state index < -0.39 is 5.60 Å². The quantitative estimate of drug-likeness (QED) is 0.347. The molecule has 1 aliphatic carbocycles. The fourth-order valence-electron chi connectivity index (χ4n) is 2.99. The Bertz CT molecular complexity index is 480. The number of halogens is 2. The van der Waals surface area contributed by atoms with E-state index >= 15 is 0 Å². The van der Waals surface area contributed by atoms with Crippen LogP contribution in [0.2, 0.25) is 0 Å². The number of ether oxygens (including phenoxy) is 1. The van der Waals surface area contributed by atoms with E-state index in [4.69, 9.17) is 8.92 Å². The molecule has 0 aromatic heterocycles. The topological polar surface area (TPSA) is 38.7 Å². The predicted molar refractivity (Wildman–Crippen MR) is 112 cm³/mol. The molecule has 0 bridgehead atoms. The minimum atomic E-state index is -0.745. The second-order valence-corrected chi connectivity index (χ2v) is 9.66. The van der Waals surface area contributed by atoms with Gasteiger partial charge in [0.2, 0.25) is 0 Å². The third kappa shape index (κ3) is 4.81. The molecule has 0 unspecified atom stereocenters. The molecule has 124 valence electrons. The maximum atomic E-state index is 11.1. The first-order valence-corrected chi connectivity index (χ1v) is 13.9. The normalized spacial score (nSPS) is 28.5. The van der Waals surface area contributed by atoms with Gasteiger partial charge in [0.25, 0.3) is 0 Å². The minimum Gasteiger partial charge on any atom is -0.497 e. The molecule has 0 spiro atoms. The van der Waals surface area contributed by atoms with Crippen molar-refractivity contribution in [2.24, 2.45) is 5.41 Å².